The summed E-state index contributed by atoms with van der Waals surface area (Å²) in [6.07, 6.45) is 3.29. The topological polar surface area (TPSA) is 53.1 Å². The first kappa shape index (κ1) is 8.62. The van der Waals surface area contributed by atoms with Gasteiger partial charge in [-0.15, -0.1) is 0 Å². The van der Waals surface area contributed by atoms with E-state index in [2.05, 4.69) is 4.98 Å². The molecule has 0 radical (unpaired) electrons. The third-order valence-corrected chi connectivity index (χ3v) is 2.02. The Morgan fingerprint density at radius 1 is 1.29 bits per heavy atom. The Bertz CT molecular complexity index is 419. The van der Waals surface area contributed by atoms with Crippen LogP contribution in [0.1, 0.15) is 0 Å². The van der Waals surface area contributed by atoms with Gasteiger partial charge in [0, 0.05) is 5.69 Å². The lowest BCUT2D eigenvalue weighted by atomic mass is 10.3. The molecule has 4 heteroatoms. The van der Waals surface area contributed by atoms with Crippen molar-refractivity contribution in [2.45, 2.75) is 0 Å². The molecule has 0 fully saturated rings. The summed E-state index contributed by atoms with van der Waals surface area (Å²) >= 11 is 0. The first-order valence-electron chi connectivity index (χ1n) is 4.23. The van der Waals surface area contributed by atoms with E-state index in [9.17, 15) is 0 Å². The third-order valence-electron chi connectivity index (χ3n) is 2.02. The standard InChI is InChI=1S/C10H11N3O/c1-14-9-4-2-8(3-5-9)13-7-12-6-10(13)11/h2-7H,11H2,1H3. The quantitative estimate of drug-likeness (QED) is 0.778. The number of nitrogen functional groups attached to an aromatic ring is 1. The van der Waals surface area contributed by atoms with E-state index in [4.69, 9.17) is 10.5 Å². The maximum Gasteiger partial charge on any atom is 0.127 e. The fourth-order valence-electron chi connectivity index (χ4n) is 1.26. The number of rotatable bonds is 2. The monoisotopic (exact) mass is 189 g/mol. The largest absolute Gasteiger partial charge is 0.497 e. The van der Waals surface area contributed by atoms with E-state index in [-0.39, 0.29) is 0 Å². The van der Waals surface area contributed by atoms with Crippen LogP contribution in [-0.2, 0) is 0 Å². The highest BCUT2D eigenvalue weighted by Gasteiger charge is 1.99. The van der Waals surface area contributed by atoms with Crippen LogP contribution in [0.3, 0.4) is 0 Å². The van der Waals surface area contributed by atoms with Crippen LogP contribution in [0, 0.1) is 0 Å². The van der Waals surface area contributed by atoms with E-state index >= 15 is 0 Å². The van der Waals surface area contributed by atoms with Crippen molar-refractivity contribution in [2.75, 3.05) is 12.8 Å². The minimum atomic E-state index is 0.621. The van der Waals surface area contributed by atoms with Crippen molar-refractivity contribution in [1.82, 2.24) is 9.55 Å². The van der Waals surface area contributed by atoms with Gasteiger partial charge in [0.1, 0.15) is 17.9 Å². The molecule has 0 aliphatic rings. The molecular weight excluding hydrogens is 178 g/mol. The Labute approximate surface area is 81.9 Å². The molecule has 1 aromatic heterocycles. The highest BCUT2D eigenvalue weighted by Crippen LogP contribution is 2.16. The zero-order chi connectivity index (χ0) is 9.97. The highest BCUT2D eigenvalue weighted by molar-refractivity contribution is 5.43. The first-order valence-corrected chi connectivity index (χ1v) is 4.23. The summed E-state index contributed by atoms with van der Waals surface area (Å²) in [7, 11) is 1.64. The van der Waals surface area contributed by atoms with Gasteiger partial charge in [0.2, 0.25) is 0 Å². The van der Waals surface area contributed by atoms with E-state index in [1.165, 1.54) is 0 Å². The average molecular weight is 189 g/mol. The molecule has 0 aliphatic carbocycles. The summed E-state index contributed by atoms with van der Waals surface area (Å²) in [5.74, 6) is 1.45. The number of methoxy groups -OCH3 is 1. The van der Waals surface area contributed by atoms with E-state index in [1.807, 2.05) is 24.3 Å². The van der Waals surface area contributed by atoms with Crippen LogP contribution >= 0.6 is 0 Å². The Kier molecular flexibility index (Phi) is 2.10. The van der Waals surface area contributed by atoms with E-state index in [0.29, 0.717) is 5.82 Å². The number of anilines is 1. The van der Waals surface area contributed by atoms with Crippen molar-refractivity contribution in [1.29, 1.82) is 0 Å². The summed E-state index contributed by atoms with van der Waals surface area (Å²) in [4.78, 5) is 3.95. The van der Waals surface area contributed by atoms with Crippen LogP contribution in [0.15, 0.2) is 36.8 Å². The average Bonchev–Trinajstić information content (AvgIpc) is 2.65. The van der Waals surface area contributed by atoms with Crippen molar-refractivity contribution >= 4 is 5.82 Å². The maximum absolute atomic E-state index is 5.71. The number of aromatic nitrogens is 2. The number of ether oxygens (including phenoxy) is 1. The number of nitrogens with two attached hydrogens (primary N) is 1. The molecule has 0 amide bonds. The number of benzene rings is 1. The lowest BCUT2D eigenvalue weighted by Crippen LogP contribution is -1.97. The normalized spacial score (nSPS) is 10.1. The van der Waals surface area contributed by atoms with Crippen molar-refractivity contribution in [3.63, 3.8) is 0 Å². The minimum absolute atomic E-state index is 0.621. The zero-order valence-electron chi connectivity index (χ0n) is 7.84. The number of hydrogen-bond donors (Lipinski definition) is 1. The predicted octanol–water partition coefficient (Wildman–Crippen LogP) is 1.46. The molecule has 0 bridgehead atoms. The smallest absolute Gasteiger partial charge is 0.127 e. The summed E-state index contributed by atoms with van der Waals surface area (Å²) < 4.78 is 6.87. The fraction of sp³-hybridized carbons (Fsp3) is 0.100. The molecule has 1 aromatic carbocycles. The Hall–Kier alpha value is -1.97. The molecular formula is C10H11N3O. The van der Waals surface area contributed by atoms with Crippen LogP contribution in [0.25, 0.3) is 5.69 Å². The van der Waals surface area contributed by atoms with Crippen LogP contribution in [0.5, 0.6) is 5.75 Å². The predicted molar refractivity (Wildman–Crippen MR) is 54.5 cm³/mol. The maximum atomic E-state index is 5.71. The summed E-state index contributed by atoms with van der Waals surface area (Å²) in [5.41, 5.74) is 6.69. The molecule has 0 saturated heterocycles. The van der Waals surface area contributed by atoms with Gasteiger partial charge in [-0.05, 0) is 24.3 Å². The molecule has 0 spiro atoms. The molecule has 0 unspecified atom stereocenters. The van der Waals surface area contributed by atoms with Gasteiger partial charge in [0.15, 0.2) is 0 Å². The molecule has 1 heterocycles. The van der Waals surface area contributed by atoms with Gasteiger partial charge < -0.3 is 10.5 Å². The van der Waals surface area contributed by atoms with Crippen LogP contribution in [0.2, 0.25) is 0 Å². The van der Waals surface area contributed by atoms with Crippen molar-refractivity contribution in [2.24, 2.45) is 0 Å². The minimum Gasteiger partial charge on any atom is -0.497 e. The molecule has 2 aromatic rings. The van der Waals surface area contributed by atoms with Crippen molar-refractivity contribution in [3.8, 4) is 11.4 Å². The highest BCUT2D eigenvalue weighted by atomic mass is 16.5. The van der Waals surface area contributed by atoms with Gasteiger partial charge >= 0.3 is 0 Å². The van der Waals surface area contributed by atoms with Gasteiger partial charge in [-0.1, -0.05) is 0 Å². The van der Waals surface area contributed by atoms with Crippen molar-refractivity contribution < 1.29 is 4.74 Å². The lowest BCUT2D eigenvalue weighted by Gasteiger charge is -2.05. The Balaban J connectivity index is 2.39. The molecule has 14 heavy (non-hydrogen) atoms. The zero-order valence-corrected chi connectivity index (χ0v) is 7.84. The van der Waals surface area contributed by atoms with Crippen LogP contribution in [0.4, 0.5) is 5.82 Å². The first-order chi connectivity index (χ1) is 6.81. The summed E-state index contributed by atoms with van der Waals surface area (Å²) in [5, 5.41) is 0. The molecule has 72 valence electrons. The third kappa shape index (κ3) is 1.42. The number of hydrogen-bond acceptors (Lipinski definition) is 3. The van der Waals surface area contributed by atoms with E-state index in [1.54, 1.807) is 24.2 Å². The molecule has 2 rings (SSSR count). The second-order valence-electron chi connectivity index (χ2n) is 2.89. The van der Waals surface area contributed by atoms with E-state index < -0.39 is 0 Å². The summed E-state index contributed by atoms with van der Waals surface area (Å²) in [6, 6.07) is 7.62. The molecule has 4 nitrogen and oxygen atoms in total. The van der Waals surface area contributed by atoms with Gasteiger partial charge in [-0.25, -0.2) is 4.98 Å². The van der Waals surface area contributed by atoms with Crippen molar-refractivity contribution in [3.05, 3.63) is 36.8 Å². The van der Waals surface area contributed by atoms with Crippen LogP contribution < -0.4 is 10.5 Å². The Morgan fingerprint density at radius 3 is 2.50 bits per heavy atom. The van der Waals surface area contributed by atoms with Crippen LogP contribution in [-0.4, -0.2) is 16.7 Å². The van der Waals surface area contributed by atoms with Gasteiger partial charge in [0.25, 0.3) is 0 Å². The fourth-order valence-corrected chi connectivity index (χ4v) is 1.26. The summed E-state index contributed by atoms with van der Waals surface area (Å²) in [6.45, 7) is 0. The SMILES string of the molecule is COc1ccc(-n2cncc2N)cc1. The molecule has 0 atom stereocenters. The molecule has 0 saturated carbocycles. The number of imidazole rings is 1. The van der Waals surface area contributed by atoms with E-state index in [0.717, 1.165) is 11.4 Å². The Morgan fingerprint density at radius 2 is 2.00 bits per heavy atom. The van der Waals surface area contributed by atoms with Gasteiger partial charge in [-0.3, -0.25) is 4.57 Å². The lowest BCUT2D eigenvalue weighted by molar-refractivity contribution is 0.415. The van der Waals surface area contributed by atoms with Gasteiger partial charge in [0.05, 0.1) is 13.3 Å². The molecule has 0 aliphatic heterocycles. The van der Waals surface area contributed by atoms with Gasteiger partial charge in [-0.2, -0.15) is 0 Å². The second-order valence-corrected chi connectivity index (χ2v) is 2.89. The second kappa shape index (κ2) is 3.41. The molecule has 2 N–H and O–H groups in total. The number of nitrogens with zero attached hydrogens (tertiary/aromatic N) is 2.